The van der Waals surface area contributed by atoms with Gasteiger partial charge in [-0.25, -0.2) is 4.98 Å². The molecule has 0 atom stereocenters. The van der Waals surface area contributed by atoms with Crippen molar-refractivity contribution in [1.82, 2.24) is 9.55 Å². The third kappa shape index (κ3) is 3.84. The lowest BCUT2D eigenvalue weighted by Crippen LogP contribution is -2.09. The topological polar surface area (TPSA) is 31.0 Å². The van der Waals surface area contributed by atoms with E-state index in [0.717, 1.165) is 44.4 Å². The van der Waals surface area contributed by atoms with Crippen LogP contribution in [0.5, 0.6) is 0 Å². The van der Waals surface area contributed by atoms with Gasteiger partial charge in [-0.3, -0.25) is 4.57 Å². The Morgan fingerprint density at radius 2 is 1.27 bits per heavy atom. The van der Waals surface area contributed by atoms with Crippen molar-refractivity contribution in [1.29, 1.82) is 0 Å². The van der Waals surface area contributed by atoms with E-state index in [1.165, 1.54) is 27.9 Å². The summed E-state index contributed by atoms with van der Waals surface area (Å²) in [5.74, 6) is 1.53. The molecule has 0 saturated heterocycles. The number of hydrogen-bond acceptors (Lipinski definition) is 2. The number of fused-ring (bicyclic) bond motifs is 4. The first-order valence-corrected chi connectivity index (χ1v) is 14.1. The van der Waals surface area contributed by atoms with Gasteiger partial charge in [-0.15, -0.1) is 0 Å². The molecular weight excluding hydrogens is 488 g/mol. The van der Waals surface area contributed by atoms with Crippen molar-refractivity contribution < 1.29 is 4.42 Å². The fourth-order valence-corrected chi connectivity index (χ4v) is 5.97. The molecule has 3 nitrogen and oxygen atoms in total. The van der Waals surface area contributed by atoms with Gasteiger partial charge in [-0.05, 0) is 70.5 Å². The van der Waals surface area contributed by atoms with Gasteiger partial charge in [0.25, 0.3) is 0 Å². The van der Waals surface area contributed by atoms with E-state index >= 15 is 0 Å². The summed E-state index contributed by atoms with van der Waals surface area (Å²) < 4.78 is 8.89. The highest BCUT2D eigenvalue weighted by molar-refractivity contribution is 6.09. The maximum Gasteiger partial charge on any atom is 0.149 e. The van der Waals surface area contributed by atoms with Crippen LogP contribution in [0.2, 0.25) is 0 Å². The molecule has 7 rings (SSSR count). The fourth-order valence-electron chi connectivity index (χ4n) is 5.97. The molecule has 0 aliphatic heterocycles. The maximum absolute atomic E-state index is 6.50. The minimum absolute atomic E-state index is 0.312. The third-order valence-electron chi connectivity index (χ3n) is 7.95. The van der Waals surface area contributed by atoms with Crippen LogP contribution < -0.4 is 0 Å². The van der Waals surface area contributed by atoms with Crippen molar-refractivity contribution in [2.24, 2.45) is 0 Å². The average molecular weight is 521 g/mol. The molecule has 2 heterocycles. The van der Waals surface area contributed by atoms with Crippen molar-refractivity contribution in [2.75, 3.05) is 0 Å². The monoisotopic (exact) mass is 520 g/mol. The number of hydrogen-bond donors (Lipinski definition) is 0. The standard InChI is InChI=1S/C37H32N2O/c1-23(2)30-21-26(25-13-6-5-7-14-25)22-31(24(3)4)35(30)39-33-19-10-9-18-32(33)38-37(39)29-17-12-16-28-27-15-8-11-20-34(27)40-36(28)29/h5-24H,1-4H3. The molecule has 0 bridgehead atoms. The Morgan fingerprint density at radius 1 is 0.625 bits per heavy atom. The molecule has 0 aliphatic carbocycles. The smallest absolute Gasteiger partial charge is 0.149 e. The van der Waals surface area contributed by atoms with Crippen LogP contribution in [-0.2, 0) is 0 Å². The first-order chi connectivity index (χ1) is 19.5. The second kappa shape index (κ2) is 9.53. The number of rotatable bonds is 5. The maximum atomic E-state index is 6.50. The van der Waals surface area contributed by atoms with Crippen LogP contribution in [0.15, 0.2) is 114 Å². The minimum atomic E-state index is 0.312. The second-order valence-electron chi connectivity index (χ2n) is 11.2. The van der Waals surface area contributed by atoms with Crippen molar-refractivity contribution in [2.45, 2.75) is 39.5 Å². The Morgan fingerprint density at radius 3 is 2.02 bits per heavy atom. The Labute approximate surface area is 234 Å². The van der Waals surface area contributed by atoms with E-state index in [4.69, 9.17) is 9.40 Å². The number of furan rings is 1. The van der Waals surface area contributed by atoms with Gasteiger partial charge in [0.1, 0.15) is 17.0 Å². The molecule has 0 unspecified atom stereocenters. The van der Waals surface area contributed by atoms with E-state index in [-0.39, 0.29) is 0 Å². The fraction of sp³-hybridized carbons (Fsp3) is 0.162. The highest BCUT2D eigenvalue weighted by atomic mass is 16.3. The molecule has 0 fully saturated rings. The van der Waals surface area contributed by atoms with Crippen LogP contribution in [0.3, 0.4) is 0 Å². The SMILES string of the molecule is CC(C)c1cc(-c2ccccc2)cc(C(C)C)c1-n1c(-c2cccc3c2oc2ccccc23)nc2ccccc21. The molecule has 0 aliphatic rings. The molecule has 7 aromatic rings. The van der Waals surface area contributed by atoms with Gasteiger partial charge in [0.05, 0.1) is 22.3 Å². The van der Waals surface area contributed by atoms with E-state index in [2.05, 4.69) is 129 Å². The number of imidazole rings is 1. The largest absolute Gasteiger partial charge is 0.455 e. The van der Waals surface area contributed by atoms with Crippen LogP contribution in [-0.4, -0.2) is 9.55 Å². The van der Waals surface area contributed by atoms with Crippen molar-refractivity contribution in [3.05, 3.63) is 120 Å². The highest BCUT2D eigenvalue weighted by Gasteiger charge is 2.25. The number of aromatic nitrogens is 2. The van der Waals surface area contributed by atoms with Crippen molar-refractivity contribution in [3.8, 4) is 28.2 Å². The first kappa shape index (κ1) is 24.4. The summed E-state index contributed by atoms with van der Waals surface area (Å²) in [6, 6.07) is 38.6. The van der Waals surface area contributed by atoms with Gasteiger partial charge in [-0.1, -0.05) is 100 Å². The molecule has 0 radical (unpaired) electrons. The van der Waals surface area contributed by atoms with E-state index in [1.807, 2.05) is 12.1 Å². The minimum Gasteiger partial charge on any atom is -0.455 e. The van der Waals surface area contributed by atoms with Crippen LogP contribution in [0.1, 0.15) is 50.7 Å². The van der Waals surface area contributed by atoms with E-state index in [0.29, 0.717) is 11.8 Å². The summed E-state index contributed by atoms with van der Waals surface area (Å²) in [5, 5.41) is 2.24. The summed E-state index contributed by atoms with van der Waals surface area (Å²) >= 11 is 0. The summed E-state index contributed by atoms with van der Waals surface area (Å²) in [4.78, 5) is 5.26. The predicted molar refractivity (Wildman–Crippen MR) is 167 cm³/mol. The third-order valence-corrected chi connectivity index (χ3v) is 7.95. The van der Waals surface area contributed by atoms with Gasteiger partial charge < -0.3 is 4.42 Å². The number of nitrogens with zero attached hydrogens (tertiary/aromatic N) is 2. The lowest BCUT2D eigenvalue weighted by Gasteiger charge is -2.24. The second-order valence-corrected chi connectivity index (χ2v) is 11.2. The van der Waals surface area contributed by atoms with Crippen molar-refractivity contribution in [3.63, 3.8) is 0 Å². The van der Waals surface area contributed by atoms with Crippen LogP contribution in [0.4, 0.5) is 0 Å². The van der Waals surface area contributed by atoms with E-state index < -0.39 is 0 Å². The van der Waals surface area contributed by atoms with Gasteiger partial charge >= 0.3 is 0 Å². The first-order valence-electron chi connectivity index (χ1n) is 14.1. The van der Waals surface area contributed by atoms with E-state index in [1.54, 1.807) is 0 Å². The molecular formula is C37H32N2O. The average Bonchev–Trinajstić information content (AvgIpc) is 3.55. The molecule has 40 heavy (non-hydrogen) atoms. The van der Waals surface area contributed by atoms with Gasteiger partial charge in [0.15, 0.2) is 0 Å². The highest BCUT2D eigenvalue weighted by Crippen LogP contribution is 2.42. The molecule has 0 spiro atoms. The number of para-hydroxylation sites is 4. The van der Waals surface area contributed by atoms with Crippen LogP contribution in [0.25, 0.3) is 61.2 Å². The van der Waals surface area contributed by atoms with Gasteiger partial charge in [0, 0.05) is 10.8 Å². The molecule has 2 aromatic heterocycles. The Bertz CT molecular complexity index is 1980. The quantitative estimate of drug-likeness (QED) is 0.226. The zero-order valence-electron chi connectivity index (χ0n) is 23.3. The predicted octanol–water partition coefficient (Wildman–Crippen LogP) is 10.5. The summed E-state index contributed by atoms with van der Waals surface area (Å²) in [7, 11) is 0. The Balaban J connectivity index is 1.59. The summed E-state index contributed by atoms with van der Waals surface area (Å²) in [6.07, 6.45) is 0. The molecule has 3 heteroatoms. The zero-order valence-corrected chi connectivity index (χ0v) is 23.3. The number of benzene rings is 5. The van der Waals surface area contributed by atoms with Gasteiger partial charge in [0.2, 0.25) is 0 Å². The van der Waals surface area contributed by atoms with Gasteiger partial charge in [-0.2, -0.15) is 0 Å². The van der Waals surface area contributed by atoms with Crippen molar-refractivity contribution >= 4 is 33.0 Å². The molecule has 0 saturated carbocycles. The lowest BCUT2D eigenvalue weighted by molar-refractivity contribution is 0.669. The normalized spacial score (nSPS) is 11.9. The lowest BCUT2D eigenvalue weighted by atomic mass is 9.88. The summed E-state index contributed by atoms with van der Waals surface area (Å²) in [6.45, 7) is 9.15. The molecule has 5 aromatic carbocycles. The summed E-state index contributed by atoms with van der Waals surface area (Å²) in [5.41, 5.74) is 11.2. The molecule has 196 valence electrons. The van der Waals surface area contributed by atoms with E-state index in [9.17, 15) is 0 Å². The zero-order chi connectivity index (χ0) is 27.4. The van der Waals surface area contributed by atoms with Crippen LogP contribution in [0, 0.1) is 0 Å². The Kier molecular flexibility index (Phi) is 5.82. The molecule has 0 N–H and O–H groups in total. The molecule has 0 amide bonds. The Hall–Kier alpha value is -4.63. The van der Waals surface area contributed by atoms with Crippen LogP contribution >= 0.6 is 0 Å².